The lowest BCUT2D eigenvalue weighted by Gasteiger charge is -2.15. The van der Waals surface area contributed by atoms with Gasteiger partial charge in [-0.3, -0.25) is 4.79 Å². The summed E-state index contributed by atoms with van der Waals surface area (Å²) in [4.78, 5) is 21.7. The zero-order valence-corrected chi connectivity index (χ0v) is 9.80. The molecule has 0 saturated carbocycles. The number of hydrogen-bond acceptors (Lipinski definition) is 4. The number of para-hydroxylation sites is 1. The summed E-state index contributed by atoms with van der Waals surface area (Å²) in [6.45, 7) is 1.26. The number of hydrogen-bond donors (Lipinski definition) is 3. The monoisotopic (exact) mass is 247 g/mol. The molecule has 0 aliphatic heterocycles. The van der Waals surface area contributed by atoms with Gasteiger partial charge >= 0.3 is 5.97 Å². The first kappa shape index (κ1) is 13.5. The van der Waals surface area contributed by atoms with E-state index in [0.717, 1.165) is 0 Å². The third-order valence-corrected chi connectivity index (χ3v) is 2.22. The Bertz CT molecular complexity index is 494. The van der Waals surface area contributed by atoms with Crippen LogP contribution in [0.5, 0.6) is 0 Å². The first-order valence-electron chi connectivity index (χ1n) is 5.27. The number of benzene rings is 1. The standard InChI is InChI=1S/C12H13N3O3/c1-8(16)15-11(12(17)18)7-14-10-5-3-2-4-9(10)6-13/h2-5,11,14H,7H2,1H3,(H,15,16)(H,17,18). The van der Waals surface area contributed by atoms with Crippen LogP contribution < -0.4 is 10.6 Å². The summed E-state index contributed by atoms with van der Waals surface area (Å²) in [5.74, 6) is -1.55. The van der Waals surface area contributed by atoms with E-state index in [4.69, 9.17) is 10.4 Å². The minimum atomic E-state index is -1.13. The molecule has 1 amide bonds. The molecule has 1 atom stereocenters. The second-order valence-corrected chi connectivity index (χ2v) is 3.63. The smallest absolute Gasteiger partial charge is 0.328 e. The maximum atomic E-state index is 10.9. The fourth-order valence-corrected chi connectivity index (χ4v) is 1.39. The quantitative estimate of drug-likeness (QED) is 0.705. The van der Waals surface area contributed by atoms with Crippen LogP contribution in [0.15, 0.2) is 24.3 Å². The first-order valence-corrected chi connectivity index (χ1v) is 5.27. The summed E-state index contributed by atoms with van der Waals surface area (Å²) in [6, 6.07) is 7.70. The molecule has 0 aliphatic carbocycles. The van der Waals surface area contributed by atoms with Gasteiger partial charge in [0.25, 0.3) is 0 Å². The lowest BCUT2D eigenvalue weighted by molar-refractivity contribution is -0.141. The third kappa shape index (κ3) is 3.79. The minimum absolute atomic E-state index is 0.00755. The van der Waals surface area contributed by atoms with E-state index >= 15 is 0 Å². The summed E-state index contributed by atoms with van der Waals surface area (Å²) in [7, 11) is 0. The Morgan fingerprint density at radius 2 is 2.11 bits per heavy atom. The molecule has 1 aromatic rings. The Kier molecular flexibility index (Phi) is 4.69. The number of nitrogens with one attached hydrogen (secondary N) is 2. The van der Waals surface area contributed by atoms with Crippen molar-refractivity contribution in [3.8, 4) is 6.07 Å². The number of rotatable bonds is 5. The van der Waals surface area contributed by atoms with Gasteiger partial charge in [-0.2, -0.15) is 5.26 Å². The average Bonchev–Trinajstić information content (AvgIpc) is 2.34. The van der Waals surface area contributed by atoms with Gasteiger partial charge in [0, 0.05) is 13.5 Å². The van der Waals surface area contributed by atoms with Crippen molar-refractivity contribution < 1.29 is 14.7 Å². The number of nitriles is 1. The number of carbonyl (C=O) groups excluding carboxylic acids is 1. The van der Waals surface area contributed by atoms with E-state index in [-0.39, 0.29) is 6.54 Å². The molecule has 0 bridgehead atoms. The van der Waals surface area contributed by atoms with Crippen molar-refractivity contribution in [2.45, 2.75) is 13.0 Å². The molecule has 94 valence electrons. The third-order valence-electron chi connectivity index (χ3n) is 2.22. The van der Waals surface area contributed by atoms with Crippen molar-refractivity contribution in [2.24, 2.45) is 0 Å². The summed E-state index contributed by atoms with van der Waals surface area (Å²) in [5, 5.41) is 22.9. The molecule has 0 heterocycles. The number of aliphatic carboxylic acids is 1. The van der Waals surface area contributed by atoms with Crippen LogP contribution in [0.1, 0.15) is 12.5 Å². The van der Waals surface area contributed by atoms with Gasteiger partial charge in [0.1, 0.15) is 12.1 Å². The molecular weight excluding hydrogens is 234 g/mol. The zero-order chi connectivity index (χ0) is 13.5. The van der Waals surface area contributed by atoms with Crippen LogP contribution >= 0.6 is 0 Å². The highest BCUT2D eigenvalue weighted by Gasteiger charge is 2.18. The molecule has 1 rings (SSSR count). The maximum Gasteiger partial charge on any atom is 0.328 e. The van der Waals surface area contributed by atoms with E-state index in [0.29, 0.717) is 11.3 Å². The normalized spacial score (nSPS) is 11.1. The van der Waals surface area contributed by atoms with E-state index in [9.17, 15) is 9.59 Å². The Balaban J connectivity index is 2.70. The van der Waals surface area contributed by atoms with Crippen LogP contribution in [0.2, 0.25) is 0 Å². The number of nitrogens with zero attached hydrogens (tertiary/aromatic N) is 1. The van der Waals surface area contributed by atoms with Crippen molar-refractivity contribution >= 4 is 17.6 Å². The topological polar surface area (TPSA) is 102 Å². The summed E-state index contributed by atoms with van der Waals surface area (Å²) >= 11 is 0. The summed E-state index contributed by atoms with van der Waals surface area (Å²) in [6.07, 6.45) is 0. The number of anilines is 1. The van der Waals surface area contributed by atoms with Crippen molar-refractivity contribution in [3.63, 3.8) is 0 Å². The Morgan fingerprint density at radius 1 is 1.44 bits per heavy atom. The van der Waals surface area contributed by atoms with E-state index in [1.165, 1.54) is 6.92 Å². The maximum absolute atomic E-state index is 10.9. The predicted molar refractivity (Wildman–Crippen MR) is 64.9 cm³/mol. The second kappa shape index (κ2) is 6.25. The highest BCUT2D eigenvalue weighted by atomic mass is 16.4. The van der Waals surface area contributed by atoms with Gasteiger partial charge in [0.05, 0.1) is 11.3 Å². The lowest BCUT2D eigenvalue weighted by Crippen LogP contribution is -2.44. The number of carboxylic acids is 1. The molecule has 18 heavy (non-hydrogen) atoms. The summed E-state index contributed by atoms with van der Waals surface area (Å²) in [5.41, 5.74) is 0.959. The van der Waals surface area contributed by atoms with Gasteiger partial charge in [-0.05, 0) is 12.1 Å². The molecule has 1 unspecified atom stereocenters. The molecular formula is C12H13N3O3. The Morgan fingerprint density at radius 3 is 2.67 bits per heavy atom. The largest absolute Gasteiger partial charge is 0.480 e. The fourth-order valence-electron chi connectivity index (χ4n) is 1.39. The summed E-state index contributed by atoms with van der Waals surface area (Å²) < 4.78 is 0. The number of carbonyl (C=O) groups is 2. The van der Waals surface area contributed by atoms with Crippen LogP contribution in [0.4, 0.5) is 5.69 Å². The Labute approximate surface area is 104 Å². The second-order valence-electron chi connectivity index (χ2n) is 3.63. The predicted octanol–water partition coefficient (Wildman–Crippen LogP) is 0.559. The minimum Gasteiger partial charge on any atom is -0.480 e. The van der Waals surface area contributed by atoms with Crippen molar-refractivity contribution in [3.05, 3.63) is 29.8 Å². The molecule has 0 aromatic heterocycles. The van der Waals surface area contributed by atoms with Gasteiger partial charge < -0.3 is 15.7 Å². The average molecular weight is 247 g/mol. The molecule has 0 radical (unpaired) electrons. The highest BCUT2D eigenvalue weighted by Crippen LogP contribution is 2.13. The zero-order valence-electron chi connectivity index (χ0n) is 9.80. The van der Waals surface area contributed by atoms with E-state index in [2.05, 4.69) is 10.6 Å². The SMILES string of the molecule is CC(=O)NC(CNc1ccccc1C#N)C(=O)O. The number of amides is 1. The van der Waals surface area contributed by atoms with Gasteiger partial charge in [-0.25, -0.2) is 4.79 Å². The van der Waals surface area contributed by atoms with Crippen molar-refractivity contribution in [2.75, 3.05) is 11.9 Å². The van der Waals surface area contributed by atoms with Crippen molar-refractivity contribution in [1.82, 2.24) is 5.32 Å². The van der Waals surface area contributed by atoms with E-state index in [1.54, 1.807) is 24.3 Å². The van der Waals surface area contributed by atoms with Gasteiger partial charge in [-0.1, -0.05) is 12.1 Å². The van der Waals surface area contributed by atoms with Gasteiger partial charge in [-0.15, -0.1) is 0 Å². The van der Waals surface area contributed by atoms with Gasteiger partial charge in [0.15, 0.2) is 0 Å². The molecule has 6 nitrogen and oxygen atoms in total. The van der Waals surface area contributed by atoms with Crippen LogP contribution in [-0.4, -0.2) is 29.6 Å². The van der Waals surface area contributed by atoms with Gasteiger partial charge in [0.2, 0.25) is 5.91 Å². The van der Waals surface area contributed by atoms with E-state index in [1.807, 2.05) is 6.07 Å². The first-order chi connectivity index (χ1) is 8.54. The highest BCUT2D eigenvalue weighted by molar-refractivity contribution is 5.82. The molecule has 1 aromatic carbocycles. The molecule has 0 aliphatic rings. The molecule has 0 saturated heterocycles. The number of carboxylic acid groups (broad SMARTS) is 1. The molecule has 0 spiro atoms. The van der Waals surface area contributed by atoms with E-state index < -0.39 is 17.9 Å². The Hall–Kier alpha value is -2.55. The molecule has 0 fully saturated rings. The van der Waals surface area contributed by atoms with Crippen molar-refractivity contribution in [1.29, 1.82) is 5.26 Å². The van der Waals surface area contributed by atoms with Crippen LogP contribution in [0.25, 0.3) is 0 Å². The molecule has 6 heteroatoms. The fraction of sp³-hybridized carbons (Fsp3) is 0.250. The molecule has 3 N–H and O–H groups in total. The lowest BCUT2D eigenvalue weighted by atomic mass is 10.2. The van der Waals surface area contributed by atoms with Crippen LogP contribution in [0, 0.1) is 11.3 Å². The van der Waals surface area contributed by atoms with Crippen LogP contribution in [0.3, 0.4) is 0 Å². The van der Waals surface area contributed by atoms with Crippen LogP contribution in [-0.2, 0) is 9.59 Å².